The van der Waals surface area contributed by atoms with Gasteiger partial charge in [0.2, 0.25) is 0 Å². The SMILES string of the molecule is CC.CC.CCN1CCN(CCCC(C)C)CC1. The monoisotopic (exact) mass is 258 g/mol. The van der Waals surface area contributed by atoms with Crippen LogP contribution in [0.25, 0.3) is 0 Å². The van der Waals surface area contributed by atoms with E-state index in [2.05, 4.69) is 30.6 Å². The summed E-state index contributed by atoms with van der Waals surface area (Å²) in [5, 5.41) is 0. The van der Waals surface area contributed by atoms with E-state index >= 15 is 0 Å². The molecule has 1 aliphatic heterocycles. The highest BCUT2D eigenvalue weighted by atomic mass is 15.3. The molecule has 18 heavy (non-hydrogen) atoms. The van der Waals surface area contributed by atoms with Crippen LogP contribution in [-0.2, 0) is 0 Å². The summed E-state index contributed by atoms with van der Waals surface area (Å²) in [7, 11) is 0. The van der Waals surface area contributed by atoms with E-state index in [4.69, 9.17) is 0 Å². The van der Waals surface area contributed by atoms with Crippen molar-refractivity contribution in [2.75, 3.05) is 39.3 Å². The Morgan fingerprint density at radius 3 is 1.67 bits per heavy atom. The lowest BCUT2D eigenvalue weighted by molar-refractivity contribution is 0.134. The molecule has 0 aliphatic carbocycles. The Hall–Kier alpha value is -0.0800. The molecule has 1 saturated heterocycles. The quantitative estimate of drug-likeness (QED) is 0.732. The van der Waals surface area contributed by atoms with Gasteiger partial charge in [0.25, 0.3) is 0 Å². The molecule has 0 atom stereocenters. The first-order valence-electron chi connectivity index (χ1n) is 8.17. The van der Waals surface area contributed by atoms with Crippen LogP contribution in [0.3, 0.4) is 0 Å². The van der Waals surface area contributed by atoms with E-state index in [-0.39, 0.29) is 0 Å². The molecule has 0 unspecified atom stereocenters. The van der Waals surface area contributed by atoms with Crippen molar-refractivity contribution >= 4 is 0 Å². The summed E-state index contributed by atoms with van der Waals surface area (Å²) in [6.07, 6.45) is 2.76. The van der Waals surface area contributed by atoms with Crippen molar-refractivity contribution < 1.29 is 0 Å². The first-order valence-corrected chi connectivity index (χ1v) is 8.17. The fourth-order valence-corrected chi connectivity index (χ4v) is 2.05. The van der Waals surface area contributed by atoms with Gasteiger partial charge in [-0.15, -0.1) is 0 Å². The second kappa shape index (κ2) is 15.0. The van der Waals surface area contributed by atoms with E-state index in [0.717, 1.165) is 5.92 Å². The maximum Gasteiger partial charge on any atom is 0.0110 e. The van der Waals surface area contributed by atoms with Crippen molar-refractivity contribution in [2.24, 2.45) is 5.92 Å². The molecule has 0 spiro atoms. The Balaban J connectivity index is 0. The topological polar surface area (TPSA) is 6.48 Å². The fraction of sp³-hybridized carbons (Fsp3) is 1.00. The van der Waals surface area contributed by atoms with Crippen LogP contribution in [0.5, 0.6) is 0 Å². The summed E-state index contributed by atoms with van der Waals surface area (Å²) in [5.74, 6) is 0.868. The molecule has 0 N–H and O–H groups in total. The van der Waals surface area contributed by atoms with E-state index in [1.54, 1.807) is 0 Å². The number of likely N-dealkylation sites (N-methyl/N-ethyl adjacent to an activating group) is 1. The second-order valence-electron chi connectivity index (χ2n) is 4.81. The van der Waals surface area contributed by atoms with E-state index in [1.165, 1.54) is 52.1 Å². The van der Waals surface area contributed by atoms with Crippen LogP contribution in [-0.4, -0.2) is 49.1 Å². The van der Waals surface area contributed by atoms with Crippen LogP contribution < -0.4 is 0 Å². The van der Waals surface area contributed by atoms with Gasteiger partial charge in [0.05, 0.1) is 0 Å². The number of hydrogen-bond donors (Lipinski definition) is 0. The second-order valence-corrected chi connectivity index (χ2v) is 4.81. The van der Waals surface area contributed by atoms with Gasteiger partial charge in [0.15, 0.2) is 0 Å². The Bertz CT molecular complexity index is 138. The van der Waals surface area contributed by atoms with Crippen LogP contribution in [0, 0.1) is 5.92 Å². The Labute approximate surface area is 117 Å². The van der Waals surface area contributed by atoms with E-state index < -0.39 is 0 Å². The minimum atomic E-state index is 0.868. The molecule has 0 saturated carbocycles. The molecule has 0 aromatic carbocycles. The van der Waals surface area contributed by atoms with Gasteiger partial charge in [-0.1, -0.05) is 48.5 Å². The smallest absolute Gasteiger partial charge is 0.0110 e. The zero-order valence-electron chi connectivity index (χ0n) is 14.1. The minimum Gasteiger partial charge on any atom is -0.301 e. The number of hydrogen-bond acceptors (Lipinski definition) is 2. The van der Waals surface area contributed by atoms with E-state index in [0.29, 0.717) is 0 Å². The summed E-state index contributed by atoms with van der Waals surface area (Å²) in [6.45, 7) is 22.5. The lowest BCUT2D eigenvalue weighted by Gasteiger charge is -2.34. The number of rotatable bonds is 5. The van der Waals surface area contributed by atoms with Gasteiger partial charge >= 0.3 is 0 Å². The van der Waals surface area contributed by atoms with Gasteiger partial charge in [-0.25, -0.2) is 0 Å². The van der Waals surface area contributed by atoms with Crippen LogP contribution in [0.4, 0.5) is 0 Å². The van der Waals surface area contributed by atoms with Gasteiger partial charge in [0.1, 0.15) is 0 Å². The van der Waals surface area contributed by atoms with Crippen molar-refractivity contribution in [3.8, 4) is 0 Å². The molecule has 0 amide bonds. The highest BCUT2D eigenvalue weighted by Crippen LogP contribution is 2.07. The fourth-order valence-electron chi connectivity index (χ4n) is 2.05. The average Bonchev–Trinajstić information content (AvgIpc) is 2.44. The van der Waals surface area contributed by atoms with Crippen molar-refractivity contribution in [1.82, 2.24) is 9.80 Å². The average molecular weight is 258 g/mol. The Morgan fingerprint density at radius 2 is 1.28 bits per heavy atom. The van der Waals surface area contributed by atoms with Crippen molar-refractivity contribution in [3.05, 3.63) is 0 Å². The lowest BCUT2D eigenvalue weighted by atomic mass is 10.1. The normalized spacial score (nSPS) is 16.7. The summed E-state index contributed by atoms with van der Waals surface area (Å²) in [6, 6.07) is 0. The maximum absolute atomic E-state index is 2.62. The molecule has 1 fully saturated rings. The molecule has 1 aliphatic rings. The molecule has 0 radical (unpaired) electrons. The van der Waals surface area contributed by atoms with Crippen LogP contribution in [0.2, 0.25) is 0 Å². The zero-order valence-corrected chi connectivity index (χ0v) is 14.1. The minimum absolute atomic E-state index is 0.868. The first-order chi connectivity index (χ1) is 8.72. The summed E-state index contributed by atoms with van der Waals surface area (Å²) >= 11 is 0. The largest absolute Gasteiger partial charge is 0.301 e. The summed E-state index contributed by atoms with van der Waals surface area (Å²) in [4.78, 5) is 5.16. The highest BCUT2D eigenvalue weighted by molar-refractivity contribution is 4.70. The molecule has 1 heterocycles. The van der Waals surface area contributed by atoms with Crippen LogP contribution in [0.15, 0.2) is 0 Å². The zero-order chi connectivity index (χ0) is 14.4. The van der Waals surface area contributed by atoms with Crippen molar-refractivity contribution in [3.63, 3.8) is 0 Å². The molecule has 1 rings (SSSR count). The van der Waals surface area contributed by atoms with Gasteiger partial charge in [0, 0.05) is 26.2 Å². The third-order valence-corrected chi connectivity index (χ3v) is 3.17. The Morgan fingerprint density at radius 1 is 0.833 bits per heavy atom. The van der Waals surface area contributed by atoms with Crippen molar-refractivity contribution in [1.29, 1.82) is 0 Å². The maximum atomic E-state index is 2.62. The van der Waals surface area contributed by atoms with Gasteiger partial charge < -0.3 is 9.80 Å². The van der Waals surface area contributed by atoms with E-state index in [1.807, 2.05) is 27.7 Å². The molecule has 0 bridgehead atoms. The summed E-state index contributed by atoms with van der Waals surface area (Å²) < 4.78 is 0. The van der Waals surface area contributed by atoms with Gasteiger partial charge in [-0.3, -0.25) is 0 Å². The lowest BCUT2D eigenvalue weighted by Crippen LogP contribution is -2.46. The van der Waals surface area contributed by atoms with Gasteiger partial charge in [-0.2, -0.15) is 0 Å². The first kappa shape index (κ1) is 20.2. The molecule has 112 valence electrons. The number of nitrogens with zero attached hydrogens (tertiary/aromatic N) is 2. The summed E-state index contributed by atoms with van der Waals surface area (Å²) in [5.41, 5.74) is 0. The number of piperazine rings is 1. The molecule has 2 heteroatoms. The predicted octanol–water partition coefficient (Wildman–Crippen LogP) is 4.11. The standard InChI is InChI=1S/C12H26N2.2C2H6/c1-4-13-8-10-14(11-9-13)7-5-6-12(2)3;2*1-2/h12H,4-11H2,1-3H3;2*1-2H3. The van der Waals surface area contributed by atoms with E-state index in [9.17, 15) is 0 Å². The van der Waals surface area contributed by atoms with Crippen molar-refractivity contribution in [2.45, 2.75) is 61.3 Å². The Kier molecular flexibility index (Phi) is 16.8. The van der Waals surface area contributed by atoms with Crippen LogP contribution in [0.1, 0.15) is 61.3 Å². The molecule has 0 aromatic rings. The van der Waals surface area contributed by atoms with Crippen LogP contribution >= 0.6 is 0 Å². The molecular formula is C16H38N2. The third-order valence-electron chi connectivity index (χ3n) is 3.17. The van der Waals surface area contributed by atoms with Gasteiger partial charge in [-0.05, 0) is 31.8 Å². The molecular weight excluding hydrogens is 220 g/mol. The predicted molar refractivity (Wildman–Crippen MR) is 85.3 cm³/mol. The molecule has 2 nitrogen and oxygen atoms in total. The highest BCUT2D eigenvalue weighted by Gasteiger charge is 2.14. The molecule has 0 aromatic heterocycles. The third kappa shape index (κ3) is 11.0.